The predicted molar refractivity (Wildman–Crippen MR) is 119 cm³/mol. The summed E-state index contributed by atoms with van der Waals surface area (Å²) >= 11 is 12.0. The lowest BCUT2D eigenvalue weighted by atomic mass is 10.1. The van der Waals surface area contributed by atoms with Crippen LogP contribution in [0.25, 0.3) is 0 Å². The lowest BCUT2D eigenvalue weighted by molar-refractivity contribution is 0.0577. The van der Waals surface area contributed by atoms with Crippen molar-refractivity contribution in [3.8, 4) is 11.8 Å². The maximum Gasteiger partial charge on any atom is 0.278 e. The van der Waals surface area contributed by atoms with Gasteiger partial charge in [-0.05, 0) is 42.0 Å². The fraction of sp³-hybridized carbons (Fsp3) is 0.261. The van der Waals surface area contributed by atoms with E-state index in [0.717, 1.165) is 5.56 Å². The molecule has 4 rings (SSSR count). The van der Waals surface area contributed by atoms with Crippen molar-refractivity contribution in [3.63, 3.8) is 0 Å². The van der Waals surface area contributed by atoms with Crippen LogP contribution in [0.15, 0.2) is 54.9 Å². The minimum Gasteiger partial charge on any atom is -0.470 e. The van der Waals surface area contributed by atoms with Gasteiger partial charge in [0.25, 0.3) is 17.7 Å². The molecule has 1 fully saturated rings. The van der Waals surface area contributed by atoms with E-state index in [1.807, 2.05) is 6.07 Å². The highest BCUT2D eigenvalue weighted by Crippen LogP contribution is 2.27. The van der Waals surface area contributed by atoms with E-state index in [0.29, 0.717) is 47.4 Å². The number of ether oxygens (including phenoxy) is 2. The zero-order valence-corrected chi connectivity index (χ0v) is 18.5. The van der Waals surface area contributed by atoms with Crippen LogP contribution in [-0.2, 0) is 6.61 Å². The smallest absolute Gasteiger partial charge is 0.278 e. The molecule has 0 radical (unpaired) electrons. The Morgan fingerprint density at radius 2 is 1.69 bits per heavy atom. The Labute approximate surface area is 194 Å². The Hall–Kier alpha value is -2.90. The largest absolute Gasteiger partial charge is 0.470 e. The molecule has 0 saturated carbocycles. The van der Waals surface area contributed by atoms with Crippen LogP contribution in [0.2, 0.25) is 10.0 Å². The van der Waals surface area contributed by atoms with E-state index in [1.165, 1.54) is 36.7 Å². The maximum atomic E-state index is 13.1. The van der Waals surface area contributed by atoms with Crippen LogP contribution in [0.4, 0.5) is 4.39 Å². The molecule has 6 nitrogen and oxygen atoms in total. The van der Waals surface area contributed by atoms with Gasteiger partial charge in [-0.25, -0.2) is 14.4 Å². The molecule has 0 atom stereocenters. The molecule has 1 amide bonds. The molecule has 1 saturated heterocycles. The first-order chi connectivity index (χ1) is 15.5. The Balaban J connectivity index is 1.33. The molecular formula is C23H20Cl2FN3O3. The average Bonchev–Trinajstić information content (AvgIpc) is 2.81. The predicted octanol–water partition coefficient (Wildman–Crippen LogP) is 5.19. The number of carbonyl (C=O) groups excluding carboxylic acids is 1. The topological polar surface area (TPSA) is 64.6 Å². The van der Waals surface area contributed by atoms with Crippen LogP contribution < -0.4 is 9.47 Å². The summed E-state index contributed by atoms with van der Waals surface area (Å²) in [5.41, 5.74) is 1.31. The Kier molecular flexibility index (Phi) is 7.07. The molecule has 9 heteroatoms. The first kappa shape index (κ1) is 22.3. The minimum atomic E-state index is -0.366. The van der Waals surface area contributed by atoms with Crippen molar-refractivity contribution in [2.45, 2.75) is 25.6 Å². The van der Waals surface area contributed by atoms with Crippen LogP contribution in [0.1, 0.15) is 28.8 Å². The van der Waals surface area contributed by atoms with Gasteiger partial charge in [0.2, 0.25) is 0 Å². The summed E-state index contributed by atoms with van der Waals surface area (Å²) in [6.07, 6.45) is 4.21. The van der Waals surface area contributed by atoms with E-state index in [1.54, 1.807) is 17.0 Å². The van der Waals surface area contributed by atoms with E-state index in [4.69, 9.17) is 32.7 Å². The Morgan fingerprint density at radius 3 is 2.38 bits per heavy atom. The van der Waals surface area contributed by atoms with Crippen LogP contribution in [0, 0.1) is 5.82 Å². The molecule has 2 heterocycles. The van der Waals surface area contributed by atoms with E-state index < -0.39 is 0 Å². The van der Waals surface area contributed by atoms with Crippen molar-refractivity contribution >= 4 is 29.1 Å². The van der Waals surface area contributed by atoms with Gasteiger partial charge in [0, 0.05) is 43.9 Å². The third-order valence-electron chi connectivity index (χ3n) is 5.09. The number of piperidine rings is 1. The van der Waals surface area contributed by atoms with E-state index in [-0.39, 0.29) is 30.3 Å². The SMILES string of the molecule is O=C(c1ccc(F)cc1)N1CCC(Oc2nccnc2OCc2ccc(Cl)c(Cl)c2)CC1. The monoisotopic (exact) mass is 475 g/mol. The number of halogens is 3. The fourth-order valence-electron chi connectivity index (χ4n) is 3.38. The van der Waals surface area contributed by atoms with E-state index in [2.05, 4.69) is 9.97 Å². The first-order valence-corrected chi connectivity index (χ1v) is 10.8. The standard InChI is InChI=1S/C23H20Cl2FN3O3/c24-19-6-1-15(13-20(19)25)14-31-21-22(28-10-9-27-21)32-18-7-11-29(12-8-18)23(30)16-2-4-17(26)5-3-16/h1-6,9-10,13,18H,7-8,11-12,14H2. The van der Waals surface area contributed by atoms with Crippen molar-refractivity contribution in [1.29, 1.82) is 0 Å². The zero-order valence-electron chi connectivity index (χ0n) is 17.0. The number of hydrogen-bond acceptors (Lipinski definition) is 5. The second kappa shape index (κ2) is 10.1. The molecule has 0 spiro atoms. The van der Waals surface area contributed by atoms with Gasteiger partial charge in [-0.3, -0.25) is 4.79 Å². The van der Waals surface area contributed by atoms with Gasteiger partial charge in [0.1, 0.15) is 18.5 Å². The van der Waals surface area contributed by atoms with Gasteiger partial charge >= 0.3 is 0 Å². The van der Waals surface area contributed by atoms with Gasteiger partial charge in [0.15, 0.2) is 0 Å². The number of amides is 1. The number of carbonyl (C=O) groups is 1. The lowest BCUT2D eigenvalue weighted by Crippen LogP contribution is -2.41. The molecule has 0 unspecified atom stereocenters. The summed E-state index contributed by atoms with van der Waals surface area (Å²) in [5, 5.41) is 0.925. The minimum absolute atomic E-state index is 0.117. The number of rotatable bonds is 6. The fourth-order valence-corrected chi connectivity index (χ4v) is 3.70. The summed E-state index contributed by atoms with van der Waals surface area (Å²) in [6, 6.07) is 10.8. The van der Waals surface area contributed by atoms with Crippen LogP contribution in [0.3, 0.4) is 0 Å². The normalized spacial score (nSPS) is 14.3. The number of hydrogen-bond donors (Lipinski definition) is 0. The second-order valence-corrected chi connectivity index (χ2v) is 8.13. The van der Waals surface area contributed by atoms with E-state index in [9.17, 15) is 9.18 Å². The van der Waals surface area contributed by atoms with Gasteiger partial charge in [0.05, 0.1) is 10.0 Å². The zero-order chi connectivity index (χ0) is 22.5. The molecule has 32 heavy (non-hydrogen) atoms. The summed E-state index contributed by atoms with van der Waals surface area (Å²) in [4.78, 5) is 22.8. The molecule has 166 valence electrons. The number of aromatic nitrogens is 2. The quantitative estimate of drug-likeness (QED) is 0.490. The van der Waals surface area contributed by atoms with Crippen molar-refractivity contribution < 1.29 is 18.7 Å². The Bertz CT molecular complexity index is 1090. The maximum absolute atomic E-state index is 13.1. The Morgan fingerprint density at radius 1 is 1.00 bits per heavy atom. The highest BCUT2D eigenvalue weighted by atomic mass is 35.5. The van der Waals surface area contributed by atoms with Crippen LogP contribution in [0.5, 0.6) is 11.8 Å². The van der Waals surface area contributed by atoms with Gasteiger partial charge in [-0.1, -0.05) is 29.3 Å². The van der Waals surface area contributed by atoms with Crippen molar-refractivity contribution in [1.82, 2.24) is 14.9 Å². The van der Waals surface area contributed by atoms with E-state index >= 15 is 0 Å². The lowest BCUT2D eigenvalue weighted by Gasteiger charge is -2.32. The molecule has 0 bridgehead atoms. The molecule has 1 aliphatic rings. The van der Waals surface area contributed by atoms with Crippen LogP contribution in [-0.4, -0.2) is 40.0 Å². The molecule has 1 aliphatic heterocycles. The molecular weight excluding hydrogens is 456 g/mol. The molecule has 0 N–H and O–H groups in total. The summed E-state index contributed by atoms with van der Waals surface area (Å²) in [6.45, 7) is 1.29. The molecule has 1 aromatic heterocycles. The van der Waals surface area contributed by atoms with Crippen molar-refractivity contribution in [3.05, 3.63) is 81.8 Å². The third kappa shape index (κ3) is 5.47. The van der Waals surface area contributed by atoms with Gasteiger partial charge < -0.3 is 14.4 Å². The molecule has 3 aromatic rings. The second-order valence-electron chi connectivity index (χ2n) is 7.32. The van der Waals surface area contributed by atoms with Gasteiger partial charge in [-0.2, -0.15) is 0 Å². The number of benzene rings is 2. The number of likely N-dealkylation sites (tertiary alicyclic amines) is 1. The van der Waals surface area contributed by atoms with Crippen molar-refractivity contribution in [2.24, 2.45) is 0 Å². The highest BCUT2D eigenvalue weighted by molar-refractivity contribution is 6.42. The average molecular weight is 476 g/mol. The van der Waals surface area contributed by atoms with Crippen LogP contribution >= 0.6 is 23.2 Å². The summed E-state index contributed by atoms with van der Waals surface area (Å²) in [5.74, 6) is 0.0997. The summed E-state index contributed by atoms with van der Waals surface area (Å²) < 4.78 is 24.9. The summed E-state index contributed by atoms with van der Waals surface area (Å²) in [7, 11) is 0. The first-order valence-electron chi connectivity index (χ1n) is 10.1. The highest BCUT2D eigenvalue weighted by Gasteiger charge is 2.26. The van der Waals surface area contributed by atoms with Crippen molar-refractivity contribution in [2.75, 3.05) is 13.1 Å². The third-order valence-corrected chi connectivity index (χ3v) is 5.83. The molecule has 0 aliphatic carbocycles. The number of nitrogens with zero attached hydrogens (tertiary/aromatic N) is 3. The molecule has 2 aromatic carbocycles. The van der Waals surface area contributed by atoms with Gasteiger partial charge in [-0.15, -0.1) is 0 Å².